The summed E-state index contributed by atoms with van der Waals surface area (Å²) >= 11 is 0. The highest BCUT2D eigenvalue weighted by Crippen LogP contribution is 2.13. The maximum absolute atomic E-state index is 5.10. The third-order valence-corrected chi connectivity index (χ3v) is 2.43. The van der Waals surface area contributed by atoms with Gasteiger partial charge in [0.05, 0.1) is 0 Å². The maximum Gasteiger partial charge on any atom is 0.0487 e. The van der Waals surface area contributed by atoms with E-state index in [1.54, 1.807) is 7.11 Å². The highest BCUT2D eigenvalue weighted by atomic mass is 16.5. The first kappa shape index (κ1) is 13.0. The second-order valence-corrected chi connectivity index (χ2v) is 4.59. The Morgan fingerprint density at radius 2 is 1.54 bits per heavy atom. The molecule has 0 aliphatic rings. The molecular formula is C12H26O. The van der Waals surface area contributed by atoms with Gasteiger partial charge in [-0.3, -0.25) is 0 Å². The lowest BCUT2D eigenvalue weighted by Crippen LogP contribution is -2.03. The van der Waals surface area contributed by atoms with E-state index >= 15 is 0 Å². The topological polar surface area (TPSA) is 9.23 Å². The van der Waals surface area contributed by atoms with E-state index in [2.05, 4.69) is 20.8 Å². The molecule has 0 bridgehead atoms. The first-order valence-electron chi connectivity index (χ1n) is 5.65. The minimum absolute atomic E-state index is 0.740. The molecule has 1 nitrogen and oxygen atoms in total. The highest BCUT2D eigenvalue weighted by molar-refractivity contribution is 4.53. The van der Waals surface area contributed by atoms with Crippen LogP contribution in [-0.4, -0.2) is 13.7 Å². The van der Waals surface area contributed by atoms with Crippen LogP contribution in [0.15, 0.2) is 0 Å². The largest absolute Gasteiger partial charge is 0.384 e. The molecule has 0 saturated carbocycles. The second kappa shape index (κ2) is 8.55. The first-order valence-corrected chi connectivity index (χ1v) is 5.65. The molecule has 13 heavy (non-hydrogen) atoms. The molecule has 80 valence electrons. The predicted molar refractivity (Wildman–Crippen MR) is 59.0 cm³/mol. The average molecular weight is 186 g/mol. The molecule has 0 radical (unpaired) electrons. The van der Waals surface area contributed by atoms with Crippen molar-refractivity contribution < 1.29 is 4.74 Å². The molecule has 0 fully saturated rings. The molecule has 0 N–H and O–H groups in total. The second-order valence-electron chi connectivity index (χ2n) is 4.59. The minimum atomic E-state index is 0.740. The van der Waals surface area contributed by atoms with E-state index < -0.39 is 0 Å². The number of unbranched alkanes of at least 4 members (excludes halogenated alkanes) is 2. The molecule has 1 atom stereocenters. The third-order valence-electron chi connectivity index (χ3n) is 2.43. The van der Waals surface area contributed by atoms with E-state index in [-0.39, 0.29) is 0 Å². The summed E-state index contributed by atoms with van der Waals surface area (Å²) in [6, 6.07) is 0. The van der Waals surface area contributed by atoms with Crippen LogP contribution < -0.4 is 0 Å². The summed E-state index contributed by atoms with van der Waals surface area (Å²) in [5.41, 5.74) is 0. The number of methoxy groups -OCH3 is 1. The van der Waals surface area contributed by atoms with Gasteiger partial charge in [0.1, 0.15) is 0 Å². The van der Waals surface area contributed by atoms with Gasteiger partial charge in [-0.15, -0.1) is 0 Å². The fraction of sp³-hybridized carbons (Fsp3) is 1.00. The lowest BCUT2D eigenvalue weighted by atomic mass is 10.0. The Bertz CT molecular complexity index is 99.3. The van der Waals surface area contributed by atoms with Crippen LogP contribution in [0.3, 0.4) is 0 Å². The smallest absolute Gasteiger partial charge is 0.0487 e. The van der Waals surface area contributed by atoms with Crippen LogP contribution in [0.4, 0.5) is 0 Å². The first-order chi connectivity index (χ1) is 6.16. The van der Waals surface area contributed by atoms with Crippen LogP contribution in [0.2, 0.25) is 0 Å². The van der Waals surface area contributed by atoms with Crippen LogP contribution in [-0.2, 0) is 4.74 Å². The Morgan fingerprint density at radius 3 is 2.08 bits per heavy atom. The normalized spacial score (nSPS) is 13.6. The zero-order valence-corrected chi connectivity index (χ0v) is 9.81. The van der Waals surface area contributed by atoms with Gasteiger partial charge in [-0.05, 0) is 18.3 Å². The number of hydrogen-bond donors (Lipinski definition) is 0. The Morgan fingerprint density at radius 1 is 0.923 bits per heavy atom. The van der Waals surface area contributed by atoms with Crippen LogP contribution in [0.1, 0.15) is 52.9 Å². The van der Waals surface area contributed by atoms with Gasteiger partial charge in [-0.25, -0.2) is 0 Å². The van der Waals surface area contributed by atoms with Crippen LogP contribution in [0, 0.1) is 11.8 Å². The molecule has 0 spiro atoms. The summed E-state index contributed by atoms with van der Waals surface area (Å²) in [7, 11) is 1.79. The molecule has 0 aliphatic heterocycles. The zero-order chi connectivity index (χ0) is 10.1. The van der Waals surface area contributed by atoms with E-state index in [4.69, 9.17) is 4.74 Å². The van der Waals surface area contributed by atoms with Gasteiger partial charge >= 0.3 is 0 Å². The summed E-state index contributed by atoms with van der Waals surface area (Å²) < 4.78 is 5.10. The standard InChI is InChI=1S/C12H26O/c1-11(2)8-6-5-7-9-12(3)10-13-4/h11-12H,5-10H2,1-4H3. The van der Waals surface area contributed by atoms with Crippen LogP contribution >= 0.6 is 0 Å². The van der Waals surface area contributed by atoms with Crippen molar-refractivity contribution in [3.63, 3.8) is 0 Å². The fourth-order valence-electron chi connectivity index (χ4n) is 1.59. The van der Waals surface area contributed by atoms with E-state index in [0.717, 1.165) is 18.4 Å². The van der Waals surface area contributed by atoms with Gasteiger partial charge in [-0.1, -0.05) is 46.5 Å². The monoisotopic (exact) mass is 186 g/mol. The molecule has 0 rings (SSSR count). The van der Waals surface area contributed by atoms with Crippen molar-refractivity contribution in [2.45, 2.75) is 52.9 Å². The van der Waals surface area contributed by atoms with Gasteiger partial charge in [-0.2, -0.15) is 0 Å². The SMILES string of the molecule is COCC(C)CCCCCC(C)C. The summed E-state index contributed by atoms with van der Waals surface area (Å²) in [6.45, 7) is 7.79. The van der Waals surface area contributed by atoms with Crippen molar-refractivity contribution in [1.82, 2.24) is 0 Å². The minimum Gasteiger partial charge on any atom is -0.384 e. The summed E-state index contributed by atoms with van der Waals surface area (Å²) in [6.07, 6.45) is 6.88. The molecule has 0 amide bonds. The highest BCUT2D eigenvalue weighted by Gasteiger charge is 2.00. The van der Waals surface area contributed by atoms with Gasteiger partial charge in [0.2, 0.25) is 0 Å². The maximum atomic E-state index is 5.10. The zero-order valence-electron chi connectivity index (χ0n) is 9.81. The molecule has 1 unspecified atom stereocenters. The van der Waals surface area contributed by atoms with Gasteiger partial charge in [0, 0.05) is 13.7 Å². The Balaban J connectivity index is 3.06. The predicted octanol–water partition coefficient (Wildman–Crippen LogP) is 3.88. The van der Waals surface area contributed by atoms with Gasteiger partial charge in [0.15, 0.2) is 0 Å². The Hall–Kier alpha value is -0.0400. The molecule has 1 heteroatoms. The summed E-state index contributed by atoms with van der Waals surface area (Å²) in [4.78, 5) is 0. The lowest BCUT2D eigenvalue weighted by Gasteiger charge is -2.09. The molecule has 0 saturated heterocycles. The summed E-state index contributed by atoms with van der Waals surface area (Å²) in [5.74, 6) is 1.61. The number of ether oxygens (including phenoxy) is 1. The van der Waals surface area contributed by atoms with Crippen molar-refractivity contribution in [3.8, 4) is 0 Å². The molecule has 0 heterocycles. The average Bonchev–Trinajstić information content (AvgIpc) is 2.03. The molecule has 0 aromatic heterocycles. The fourth-order valence-corrected chi connectivity index (χ4v) is 1.59. The van der Waals surface area contributed by atoms with E-state index in [0.29, 0.717) is 0 Å². The summed E-state index contributed by atoms with van der Waals surface area (Å²) in [5, 5.41) is 0. The van der Waals surface area contributed by atoms with Crippen molar-refractivity contribution in [2.75, 3.05) is 13.7 Å². The van der Waals surface area contributed by atoms with Gasteiger partial charge < -0.3 is 4.74 Å². The van der Waals surface area contributed by atoms with E-state index in [1.165, 1.54) is 32.1 Å². The van der Waals surface area contributed by atoms with Crippen molar-refractivity contribution in [3.05, 3.63) is 0 Å². The van der Waals surface area contributed by atoms with E-state index in [9.17, 15) is 0 Å². The number of rotatable bonds is 8. The third kappa shape index (κ3) is 9.88. The molecule has 0 aromatic carbocycles. The molecular weight excluding hydrogens is 160 g/mol. The molecule has 0 aromatic rings. The Kier molecular flexibility index (Phi) is 8.53. The quantitative estimate of drug-likeness (QED) is 0.523. The van der Waals surface area contributed by atoms with Crippen LogP contribution in [0.25, 0.3) is 0 Å². The molecule has 0 aliphatic carbocycles. The lowest BCUT2D eigenvalue weighted by molar-refractivity contribution is 0.154. The van der Waals surface area contributed by atoms with Crippen molar-refractivity contribution >= 4 is 0 Å². The van der Waals surface area contributed by atoms with Crippen molar-refractivity contribution in [2.24, 2.45) is 11.8 Å². The Labute approximate surface area is 83.9 Å². The van der Waals surface area contributed by atoms with E-state index in [1.807, 2.05) is 0 Å². The van der Waals surface area contributed by atoms with Crippen LogP contribution in [0.5, 0.6) is 0 Å². The van der Waals surface area contributed by atoms with Crippen molar-refractivity contribution in [1.29, 1.82) is 0 Å². The van der Waals surface area contributed by atoms with Gasteiger partial charge in [0.25, 0.3) is 0 Å². The number of hydrogen-bond acceptors (Lipinski definition) is 1.